The number of rotatable bonds is 0. The summed E-state index contributed by atoms with van der Waals surface area (Å²) in [5.41, 5.74) is 6.99. The van der Waals surface area contributed by atoms with Gasteiger partial charge in [-0.05, 0) is 36.4 Å². The summed E-state index contributed by atoms with van der Waals surface area (Å²) in [4.78, 5) is 0. The van der Waals surface area contributed by atoms with Crippen LogP contribution in [0.2, 0.25) is 0 Å². The van der Waals surface area contributed by atoms with Crippen molar-refractivity contribution in [2.75, 3.05) is 0 Å². The topological polar surface area (TPSA) is 30.9 Å². The molecular formula is C13H13F3N2. The maximum absolute atomic E-state index is 12.7. The molecule has 2 N–H and O–H groups in total. The zero-order valence-corrected chi connectivity index (χ0v) is 9.67. The third-order valence-electron chi connectivity index (χ3n) is 3.51. The lowest BCUT2D eigenvalue weighted by atomic mass is 10.1. The SMILES string of the molecule is NC1CCc2cc3ccc(C(F)(F)F)cc3n2C1. The van der Waals surface area contributed by atoms with Gasteiger partial charge >= 0.3 is 6.18 Å². The molecule has 2 aromatic rings. The van der Waals surface area contributed by atoms with Crippen LogP contribution in [-0.4, -0.2) is 10.6 Å². The van der Waals surface area contributed by atoms with Gasteiger partial charge in [0.05, 0.1) is 5.56 Å². The van der Waals surface area contributed by atoms with Crippen LogP contribution in [0.5, 0.6) is 0 Å². The van der Waals surface area contributed by atoms with Crippen LogP contribution in [0.4, 0.5) is 13.2 Å². The van der Waals surface area contributed by atoms with Gasteiger partial charge in [0.1, 0.15) is 0 Å². The Morgan fingerprint density at radius 2 is 2.00 bits per heavy atom. The first kappa shape index (κ1) is 11.6. The fourth-order valence-electron chi connectivity index (χ4n) is 2.57. The lowest BCUT2D eigenvalue weighted by Gasteiger charge is -2.22. The van der Waals surface area contributed by atoms with Gasteiger partial charge in [0.2, 0.25) is 0 Å². The van der Waals surface area contributed by atoms with Gasteiger partial charge in [-0.3, -0.25) is 0 Å². The maximum atomic E-state index is 12.7. The molecule has 1 atom stereocenters. The fourth-order valence-corrected chi connectivity index (χ4v) is 2.57. The number of benzene rings is 1. The highest BCUT2D eigenvalue weighted by atomic mass is 19.4. The van der Waals surface area contributed by atoms with Gasteiger partial charge in [0.15, 0.2) is 0 Å². The Balaban J connectivity index is 2.18. The monoisotopic (exact) mass is 254 g/mol. The summed E-state index contributed by atoms with van der Waals surface area (Å²) in [6.45, 7) is 0.597. The first-order valence-electron chi connectivity index (χ1n) is 5.90. The number of nitrogens with zero attached hydrogens (tertiary/aromatic N) is 1. The standard InChI is InChI=1S/C13H13F3N2/c14-13(15,16)9-2-1-8-5-11-4-3-10(17)7-18(11)12(8)6-9/h1-2,5-6,10H,3-4,7,17H2. The fraction of sp³-hybridized carbons (Fsp3) is 0.385. The Kier molecular flexibility index (Phi) is 2.41. The van der Waals surface area contributed by atoms with Gasteiger partial charge in [-0.2, -0.15) is 13.2 Å². The van der Waals surface area contributed by atoms with Crippen molar-refractivity contribution in [1.82, 2.24) is 4.57 Å². The number of halogens is 3. The Morgan fingerprint density at radius 1 is 1.22 bits per heavy atom. The molecule has 1 unspecified atom stereocenters. The predicted octanol–water partition coefficient (Wildman–Crippen LogP) is 2.93. The smallest absolute Gasteiger partial charge is 0.343 e. The quantitative estimate of drug-likeness (QED) is 0.770. The Hall–Kier alpha value is -1.49. The summed E-state index contributed by atoms with van der Waals surface area (Å²) in [5.74, 6) is 0. The normalized spacial score (nSPS) is 20.1. The molecule has 5 heteroatoms. The van der Waals surface area contributed by atoms with Crippen molar-refractivity contribution in [2.24, 2.45) is 5.73 Å². The van der Waals surface area contributed by atoms with Gasteiger partial charge < -0.3 is 10.3 Å². The summed E-state index contributed by atoms with van der Waals surface area (Å²) in [6, 6.07) is 5.88. The highest BCUT2D eigenvalue weighted by Gasteiger charge is 2.31. The first-order chi connectivity index (χ1) is 8.45. The summed E-state index contributed by atoms with van der Waals surface area (Å²) < 4.78 is 40.0. The summed E-state index contributed by atoms with van der Waals surface area (Å²) in [6.07, 6.45) is -2.57. The van der Waals surface area contributed by atoms with Crippen molar-refractivity contribution in [3.05, 3.63) is 35.5 Å². The van der Waals surface area contributed by atoms with Gasteiger partial charge in [-0.25, -0.2) is 0 Å². The van der Waals surface area contributed by atoms with Crippen molar-refractivity contribution < 1.29 is 13.2 Å². The van der Waals surface area contributed by atoms with Crippen LogP contribution in [0.3, 0.4) is 0 Å². The lowest BCUT2D eigenvalue weighted by molar-refractivity contribution is -0.137. The van der Waals surface area contributed by atoms with E-state index in [2.05, 4.69) is 0 Å². The van der Waals surface area contributed by atoms with Crippen molar-refractivity contribution in [3.8, 4) is 0 Å². The van der Waals surface area contributed by atoms with E-state index in [0.29, 0.717) is 12.1 Å². The van der Waals surface area contributed by atoms with Gasteiger partial charge in [0, 0.05) is 23.8 Å². The number of hydrogen-bond donors (Lipinski definition) is 1. The van der Waals surface area contributed by atoms with Crippen molar-refractivity contribution in [1.29, 1.82) is 0 Å². The highest BCUT2D eigenvalue weighted by Crippen LogP contribution is 2.33. The van der Waals surface area contributed by atoms with Crippen LogP contribution in [0.25, 0.3) is 10.9 Å². The number of fused-ring (bicyclic) bond motifs is 3. The molecule has 0 saturated carbocycles. The van der Waals surface area contributed by atoms with Crippen LogP contribution < -0.4 is 5.73 Å². The molecule has 0 bridgehead atoms. The summed E-state index contributed by atoms with van der Waals surface area (Å²) in [7, 11) is 0. The van der Waals surface area contributed by atoms with E-state index in [1.165, 1.54) is 12.1 Å². The van der Waals surface area contributed by atoms with Crippen LogP contribution in [0, 0.1) is 0 Å². The van der Waals surface area contributed by atoms with Crippen LogP contribution >= 0.6 is 0 Å². The number of aryl methyl sites for hydroxylation is 1. The van der Waals surface area contributed by atoms with E-state index in [-0.39, 0.29) is 6.04 Å². The van der Waals surface area contributed by atoms with E-state index < -0.39 is 11.7 Å². The molecule has 2 heterocycles. The lowest BCUT2D eigenvalue weighted by Crippen LogP contribution is -2.31. The Morgan fingerprint density at radius 3 is 2.72 bits per heavy atom. The molecule has 1 aromatic carbocycles. The molecule has 0 aliphatic carbocycles. The number of nitrogens with two attached hydrogens (primary N) is 1. The minimum absolute atomic E-state index is 0.0302. The molecule has 0 fully saturated rings. The van der Waals surface area contributed by atoms with Crippen LogP contribution in [0.1, 0.15) is 17.7 Å². The number of hydrogen-bond acceptors (Lipinski definition) is 1. The van der Waals surface area contributed by atoms with Crippen molar-refractivity contribution >= 4 is 10.9 Å². The largest absolute Gasteiger partial charge is 0.416 e. The second-order valence-electron chi connectivity index (χ2n) is 4.82. The molecule has 1 aliphatic heterocycles. The van der Waals surface area contributed by atoms with Crippen molar-refractivity contribution in [2.45, 2.75) is 31.6 Å². The minimum atomic E-state index is -4.30. The van der Waals surface area contributed by atoms with E-state index in [9.17, 15) is 13.2 Å². The zero-order valence-electron chi connectivity index (χ0n) is 9.67. The molecule has 0 amide bonds. The van der Waals surface area contributed by atoms with E-state index >= 15 is 0 Å². The average molecular weight is 254 g/mol. The predicted molar refractivity (Wildman–Crippen MR) is 63.2 cm³/mol. The van der Waals surface area contributed by atoms with Gasteiger partial charge in [0.25, 0.3) is 0 Å². The Bertz CT molecular complexity index is 598. The molecule has 1 aliphatic rings. The number of aromatic nitrogens is 1. The molecule has 0 spiro atoms. The Labute approximate surface area is 102 Å². The van der Waals surface area contributed by atoms with Crippen molar-refractivity contribution in [3.63, 3.8) is 0 Å². The molecule has 18 heavy (non-hydrogen) atoms. The summed E-state index contributed by atoms with van der Waals surface area (Å²) in [5, 5.41) is 0.854. The minimum Gasteiger partial charge on any atom is -0.343 e. The molecule has 1 aromatic heterocycles. The molecule has 2 nitrogen and oxygen atoms in total. The maximum Gasteiger partial charge on any atom is 0.416 e. The van der Waals surface area contributed by atoms with E-state index in [0.717, 1.165) is 30.0 Å². The highest BCUT2D eigenvalue weighted by molar-refractivity contribution is 5.82. The zero-order chi connectivity index (χ0) is 12.9. The first-order valence-corrected chi connectivity index (χ1v) is 5.90. The second kappa shape index (κ2) is 3.75. The third kappa shape index (κ3) is 1.79. The molecule has 3 rings (SSSR count). The van der Waals surface area contributed by atoms with Gasteiger partial charge in [-0.1, -0.05) is 6.07 Å². The summed E-state index contributed by atoms with van der Waals surface area (Å²) >= 11 is 0. The van der Waals surface area contributed by atoms with Crippen LogP contribution in [-0.2, 0) is 19.1 Å². The number of alkyl halides is 3. The van der Waals surface area contributed by atoms with E-state index in [4.69, 9.17) is 5.73 Å². The van der Waals surface area contributed by atoms with E-state index in [1.807, 2.05) is 10.6 Å². The van der Waals surface area contributed by atoms with Gasteiger partial charge in [-0.15, -0.1) is 0 Å². The second-order valence-corrected chi connectivity index (χ2v) is 4.82. The molecule has 0 saturated heterocycles. The van der Waals surface area contributed by atoms with E-state index in [1.54, 1.807) is 0 Å². The molecular weight excluding hydrogens is 241 g/mol. The van der Waals surface area contributed by atoms with Crippen LogP contribution in [0.15, 0.2) is 24.3 Å². The molecule has 96 valence electrons. The molecule has 0 radical (unpaired) electrons. The average Bonchev–Trinajstić information content (AvgIpc) is 2.65. The third-order valence-corrected chi connectivity index (χ3v) is 3.51.